The molecule has 1 heterocycles. The van der Waals surface area contributed by atoms with E-state index >= 15 is 0 Å². The van der Waals surface area contributed by atoms with E-state index in [1.54, 1.807) is 11.9 Å². The maximum absolute atomic E-state index is 12.1. The molecule has 0 spiro atoms. The van der Waals surface area contributed by atoms with Gasteiger partial charge in [-0.25, -0.2) is 5.01 Å². The Hall–Kier alpha value is -2.66. The van der Waals surface area contributed by atoms with Crippen LogP contribution in [0.2, 0.25) is 0 Å². The first kappa shape index (κ1) is 43.5. The molecule has 0 unspecified atom stereocenters. The number of carboxylic acid groups (broad SMARTS) is 1. The summed E-state index contributed by atoms with van der Waals surface area (Å²) >= 11 is 0. The molecule has 16 nitrogen and oxygen atoms in total. The second kappa shape index (κ2) is 26.7. The number of carboxylic acids is 1. The smallest absolute Gasteiger partial charge is 0.319 e. The van der Waals surface area contributed by atoms with Crippen molar-refractivity contribution in [2.24, 2.45) is 5.10 Å². The summed E-state index contributed by atoms with van der Waals surface area (Å²) < 4.78 is 9.86. The fourth-order valence-corrected chi connectivity index (χ4v) is 3.50. The zero-order valence-corrected chi connectivity index (χ0v) is 27.9. The van der Waals surface area contributed by atoms with E-state index in [0.717, 1.165) is 18.8 Å². The fraction of sp³-hybridized carbons (Fsp3) is 0.778. The molecule has 0 aliphatic carbocycles. The Morgan fingerprint density at radius 3 is 2.11 bits per heavy atom. The first-order valence-electron chi connectivity index (χ1n) is 14.5. The number of hydrazone groups is 1. The number of nitrogens with zero attached hydrogens (tertiary/aromatic N) is 5. The van der Waals surface area contributed by atoms with Gasteiger partial charge in [-0.2, -0.15) is 5.10 Å². The number of amides is 3. The molecule has 17 heteroatoms. The predicted octanol–water partition coefficient (Wildman–Crippen LogP) is -2.12. The van der Waals surface area contributed by atoms with E-state index in [0.29, 0.717) is 52.3 Å². The van der Waals surface area contributed by atoms with Gasteiger partial charge in [0.15, 0.2) is 0 Å². The number of hydrogen-bond donors (Lipinski definition) is 4. The molecule has 0 atom stereocenters. The average Bonchev–Trinajstić information content (AvgIpc) is 3.31. The standard InChI is InChI=1S/C21H39N7O6.C6H13NO2.Cu/c1-4-27(10-9-26(3)16-21(32)33)14-18(29)23-7-11-34-12-8-24-19(30)15-28-20(31)13-17(25-28)5-6-22-2;1-4-7(2)5-6(8)9-3;/h22H,4-16H2,1-3H3,(H,23,29)(H,24,30)(H,32,33);4-5H2,1-3H3;. The zero-order valence-electron chi connectivity index (χ0n) is 26.9. The van der Waals surface area contributed by atoms with Crippen molar-refractivity contribution in [3.8, 4) is 0 Å². The van der Waals surface area contributed by atoms with Gasteiger partial charge in [0, 0.05) is 61.9 Å². The van der Waals surface area contributed by atoms with Crippen LogP contribution in [0.15, 0.2) is 5.10 Å². The number of esters is 1. The monoisotopic (exact) mass is 679 g/mol. The molecule has 0 aromatic carbocycles. The number of nitrogens with one attached hydrogen (secondary N) is 3. The predicted molar refractivity (Wildman–Crippen MR) is 162 cm³/mol. The summed E-state index contributed by atoms with van der Waals surface area (Å²) in [5.41, 5.74) is 0.769. The van der Waals surface area contributed by atoms with Crippen molar-refractivity contribution in [1.82, 2.24) is 35.7 Å². The Labute approximate surface area is 271 Å². The van der Waals surface area contributed by atoms with Crippen LogP contribution in [0.4, 0.5) is 0 Å². The van der Waals surface area contributed by atoms with Crippen LogP contribution in [0.3, 0.4) is 0 Å². The molecule has 1 radical (unpaired) electrons. The zero-order chi connectivity index (χ0) is 32.6. The summed E-state index contributed by atoms with van der Waals surface area (Å²) in [6.45, 7) is 9.03. The van der Waals surface area contributed by atoms with Crippen molar-refractivity contribution in [3.05, 3.63) is 0 Å². The van der Waals surface area contributed by atoms with Gasteiger partial charge in [0.2, 0.25) is 17.7 Å². The van der Waals surface area contributed by atoms with Crippen LogP contribution in [0.1, 0.15) is 26.7 Å². The van der Waals surface area contributed by atoms with E-state index in [4.69, 9.17) is 9.84 Å². The molecule has 259 valence electrons. The Kier molecular flexibility index (Phi) is 26.4. The van der Waals surface area contributed by atoms with Crippen LogP contribution in [0, 0.1) is 0 Å². The van der Waals surface area contributed by atoms with E-state index in [9.17, 15) is 24.0 Å². The van der Waals surface area contributed by atoms with Gasteiger partial charge in [0.05, 0.1) is 46.4 Å². The molecule has 0 saturated heterocycles. The number of rotatable bonds is 22. The minimum atomic E-state index is -0.881. The molecule has 0 fully saturated rings. The van der Waals surface area contributed by atoms with Gasteiger partial charge in [0.1, 0.15) is 6.54 Å². The van der Waals surface area contributed by atoms with Gasteiger partial charge >= 0.3 is 11.9 Å². The third-order valence-electron chi connectivity index (χ3n) is 6.18. The third kappa shape index (κ3) is 22.8. The van der Waals surface area contributed by atoms with Crippen molar-refractivity contribution in [2.45, 2.75) is 26.7 Å². The van der Waals surface area contributed by atoms with Crippen molar-refractivity contribution < 1.29 is 55.6 Å². The van der Waals surface area contributed by atoms with E-state index in [1.807, 2.05) is 37.7 Å². The quantitative estimate of drug-likeness (QED) is 0.0555. The van der Waals surface area contributed by atoms with Crippen molar-refractivity contribution in [3.63, 3.8) is 0 Å². The maximum Gasteiger partial charge on any atom is 0.319 e. The average molecular weight is 680 g/mol. The molecule has 0 bridgehead atoms. The topological polar surface area (TPSA) is 185 Å². The van der Waals surface area contributed by atoms with E-state index in [-0.39, 0.29) is 73.4 Å². The number of likely N-dealkylation sites (N-methyl/N-ethyl adjacent to an activating group) is 3. The van der Waals surface area contributed by atoms with Crippen LogP contribution >= 0.6 is 0 Å². The van der Waals surface area contributed by atoms with Gasteiger partial charge in [-0.15, -0.1) is 0 Å². The van der Waals surface area contributed by atoms with Gasteiger partial charge in [0.25, 0.3) is 0 Å². The number of aliphatic carboxylic acids is 1. The van der Waals surface area contributed by atoms with Crippen molar-refractivity contribution >= 4 is 35.4 Å². The summed E-state index contributed by atoms with van der Waals surface area (Å²) in [7, 11) is 6.82. The molecule has 44 heavy (non-hydrogen) atoms. The molecule has 1 aliphatic rings. The molecule has 0 aromatic rings. The number of carbonyl (C=O) groups is 5. The number of hydrogen-bond acceptors (Lipinski definition) is 12. The minimum absolute atomic E-state index is 0. The SMILES string of the molecule is CCN(C)CC(=O)OC.CCN(CCN(C)CC(=O)O)CC(=O)NCCOCCNC(=O)CN1N=C(CCNC)CC1=O.[Cu]. The van der Waals surface area contributed by atoms with Crippen LogP contribution < -0.4 is 16.0 Å². The van der Waals surface area contributed by atoms with Crippen molar-refractivity contribution in [1.29, 1.82) is 0 Å². The Balaban J connectivity index is 0. The van der Waals surface area contributed by atoms with Crippen molar-refractivity contribution in [2.75, 3.05) is 113 Å². The molecule has 4 N–H and O–H groups in total. The van der Waals surface area contributed by atoms with E-state index < -0.39 is 5.97 Å². The molecule has 0 saturated carbocycles. The van der Waals surface area contributed by atoms with Crippen LogP contribution in [-0.2, 0) is 50.5 Å². The summed E-state index contributed by atoms with van der Waals surface area (Å²) in [5.74, 6) is -1.68. The van der Waals surface area contributed by atoms with Gasteiger partial charge in [-0.05, 0) is 34.2 Å². The first-order chi connectivity index (χ1) is 20.4. The molecule has 0 aromatic heterocycles. The van der Waals surface area contributed by atoms with E-state index in [2.05, 4.69) is 25.8 Å². The van der Waals surface area contributed by atoms with E-state index in [1.165, 1.54) is 12.1 Å². The fourth-order valence-electron chi connectivity index (χ4n) is 3.50. The molecule has 1 aliphatic heterocycles. The first-order valence-corrected chi connectivity index (χ1v) is 14.5. The third-order valence-corrected chi connectivity index (χ3v) is 6.18. The molecule has 1 rings (SSSR count). The summed E-state index contributed by atoms with van der Waals surface area (Å²) in [6, 6.07) is 0. The Bertz CT molecular complexity index is 896. The largest absolute Gasteiger partial charge is 0.480 e. The Morgan fingerprint density at radius 1 is 0.932 bits per heavy atom. The van der Waals surface area contributed by atoms with Crippen LogP contribution in [-0.4, -0.2) is 174 Å². The number of ether oxygens (including phenoxy) is 2. The summed E-state index contributed by atoms with van der Waals surface area (Å²) in [5, 5.41) is 22.6. The summed E-state index contributed by atoms with van der Waals surface area (Å²) in [4.78, 5) is 62.7. The second-order valence-corrected chi connectivity index (χ2v) is 9.87. The Morgan fingerprint density at radius 2 is 1.57 bits per heavy atom. The maximum atomic E-state index is 12.1. The van der Waals surface area contributed by atoms with Crippen LogP contribution in [0.25, 0.3) is 0 Å². The minimum Gasteiger partial charge on any atom is -0.480 e. The normalized spacial score (nSPS) is 12.4. The molecular formula is C27H52CuN8O8. The number of carbonyl (C=O) groups excluding carboxylic acids is 4. The second-order valence-electron chi connectivity index (χ2n) is 9.87. The van der Waals surface area contributed by atoms with Gasteiger partial charge < -0.3 is 30.5 Å². The van der Waals surface area contributed by atoms with Crippen LogP contribution in [0.5, 0.6) is 0 Å². The number of methoxy groups -OCH3 is 1. The van der Waals surface area contributed by atoms with Gasteiger partial charge in [-0.1, -0.05) is 13.8 Å². The van der Waals surface area contributed by atoms with Gasteiger partial charge in [-0.3, -0.25) is 38.7 Å². The molecule has 3 amide bonds. The summed E-state index contributed by atoms with van der Waals surface area (Å²) in [6.07, 6.45) is 0.924. The molecular weight excluding hydrogens is 628 g/mol.